The predicted molar refractivity (Wildman–Crippen MR) is 119 cm³/mol. The number of hydrogen-bond donors (Lipinski definition) is 3. The van der Waals surface area contributed by atoms with Crippen LogP contribution in [0, 0.1) is 0 Å². The summed E-state index contributed by atoms with van der Waals surface area (Å²) in [5.74, 6) is 0.631. The summed E-state index contributed by atoms with van der Waals surface area (Å²) < 4.78 is 33.3. The van der Waals surface area contributed by atoms with Gasteiger partial charge in [0, 0.05) is 52.5 Å². The first kappa shape index (κ1) is 25.4. The molecule has 0 aliphatic rings. The molecule has 0 spiro atoms. The largest absolute Gasteiger partial charge is 0.385 e. The van der Waals surface area contributed by atoms with Crippen molar-refractivity contribution >= 4 is 16.0 Å². The molecule has 0 saturated carbocycles. The van der Waals surface area contributed by atoms with Crippen LogP contribution in [0.3, 0.4) is 0 Å². The smallest absolute Gasteiger partial charge is 0.241 e. The Bertz CT molecular complexity index is 745. The Hall–Kier alpha value is -1.68. The van der Waals surface area contributed by atoms with Gasteiger partial charge in [0.2, 0.25) is 10.0 Å². The number of hydrogen-bond acceptors (Lipinski definition) is 5. The van der Waals surface area contributed by atoms with E-state index in [2.05, 4.69) is 32.3 Å². The van der Waals surface area contributed by atoms with Gasteiger partial charge in [-0.05, 0) is 45.9 Å². The Morgan fingerprint density at radius 3 is 2.48 bits per heavy atom. The molecule has 1 rings (SSSR count). The molecular formula is C20H37N5O3S. The van der Waals surface area contributed by atoms with Crippen LogP contribution in [0.1, 0.15) is 32.8 Å². The van der Waals surface area contributed by atoms with Crippen LogP contribution in [0.5, 0.6) is 0 Å². The van der Waals surface area contributed by atoms with Crippen molar-refractivity contribution in [3.05, 3.63) is 29.8 Å². The molecule has 0 aliphatic heterocycles. The number of likely N-dealkylation sites (N-methyl/N-ethyl adjacent to an activating group) is 1. The van der Waals surface area contributed by atoms with Crippen molar-refractivity contribution in [1.82, 2.24) is 20.3 Å². The molecule has 29 heavy (non-hydrogen) atoms. The summed E-state index contributed by atoms with van der Waals surface area (Å²) >= 11 is 0. The van der Waals surface area contributed by atoms with E-state index in [-0.39, 0.29) is 4.90 Å². The summed E-state index contributed by atoms with van der Waals surface area (Å²) in [6.07, 6.45) is 0.994. The molecule has 8 nitrogen and oxygen atoms in total. The number of ether oxygens (including phenoxy) is 1. The summed E-state index contributed by atoms with van der Waals surface area (Å²) in [6.45, 7) is 9.14. The van der Waals surface area contributed by atoms with E-state index in [0.717, 1.165) is 32.7 Å². The molecule has 0 fully saturated rings. The maximum atomic E-state index is 12.7. The molecule has 0 aliphatic carbocycles. The van der Waals surface area contributed by atoms with Crippen molar-refractivity contribution in [2.45, 2.75) is 44.2 Å². The molecule has 0 bridgehead atoms. The molecule has 166 valence electrons. The second-order valence-corrected chi connectivity index (χ2v) is 9.62. The Morgan fingerprint density at radius 2 is 1.86 bits per heavy atom. The fraction of sp³-hybridized carbons (Fsp3) is 0.650. The lowest BCUT2D eigenvalue weighted by molar-refractivity contribution is 0.180. The van der Waals surface area contributed by atoms with Crippen molar-refractivity contribution in [3.63, 3.8) is 0 Å². The molecule has 9 heteroatoms. The van der Waals surface area contributed by atoms with Crippen LogP contribution < -0.4 is 15.4 Å². The molecule has 0 radical (unpaired) electrons. The van der Waals surface area contributed by atoms with Gasteiger partial charge < -0.3 is 20.3 Å². The average Bonchev–Trinajstić information content (AvgIpc) is 2.63. The third kappa shape index (κ3) is 10.1. The quantitative estimate of drug-likeness (QED) is 0.281. The monoisotopic (exact) mass is 427 g/mol. The fourth-order valence-corrected chi connectivity index (χ4v) is 4.38. The topological polar surface area (TPSA) is 95.1 Å². The van der Waals surface area contributed by atoms with E-state index in [1.54, 1.807) is 32.4 Å². The highest BCUT2D eigenvalue weighted by Crippen LogP contribution is 2.17. The predicted octanol–water partition coefficient (Wildman–Crippen LogP) is 1.40. The summed E-state index contributed by atoms with van der Waals surface area (Å²) in [5, 5.41) is 6.45. The Balaban J connectivity index is 2.64. The SMILES string of the molecule is CN=C(NCCN(C)CCCOC)NCc1ccccc1S(=O)(=O)NC(C)(C)C. The highest BCUT2D eigenvalue weighted by Gasteiger charge is 2.24. The molecule has 0 aromatic heterocycles. The number of nitrogens with one attached hydrogen (secondary N) is 3. The number of guanidine groups is 1. The maximum absolute atomic E-state index is 12.7. The lowest BCUT2D eigenvalue weighted by Crippen LogP contribution is -2.42. The highest BCUT2D eigenvalue weighted by atomic mass is 32.2. The lowest BCUT2D eigenvalue weighted by atomic mass is 10.1. The zero-order valence-electron chi connectivity index (χ0n) is 18.6. The summed E-state index contributed by atoms with van der Waals surface area (Å²) in [6, 6.07) is 6.99. The van der Waals surface area contributed by atoms with Crippen molar-refractivity contribution in [2.24, 2.45) is 4.99 Å². The lowest BCUT2D eigenvalue weighted by Gasteiger charge is -2.22. The van der Waals surface area contributed by atoms with Crippen LogP contribution in [0.15, 0.2) is 34.2 Å². The maximum Gasteiger partial charge on any atom is 0.241 e. The minimum Gasteiger partial charge on any atom is -0.385 e. The molecule has 0 heterocycles. The first-order chi connectivity index (χ1) is 13.6. The number of aliphatic imine (C=N–C) groups is 1. The van der Waals surface area contributed by atoms with E-state index in [1.165, 1.54) is 0 Å². The zero-order chi connectivity index (χ0) is 21.9. The second kappa shape index (κ2) is 12.1. The van der Waals surface area contributed by atoms with Gasteiger partial charge in [0.15, 0.2) is 5.96 Å². The zero-order valence-corrected chi connectivity index (χ0v) is 19.4. The number of nitrogens with zero attached hydrogens (tertiary/aromatic N) is 2. The van der Waals surface area contributed by atoms with Crippen LogP contribution in [0.4, 0.5) is 0 Å². The number of methoxy groups -OCH3 is 1. The molecule has 0 atom stereocenters. The van der Waals surface area contributed by atoms with Gasteiger partial charge in [-0.25, -0.2) is 13.1 Å². The number of rotatable bonds is 11. The third-order valence-electron chi connectivity index (χ3n) is 4.05. The van der Waals surface area contributed by atoms with Gasteiger partial charge in [-0.2, -0.15) is 0 Å². The van der Waals surface area contributed by atoms with Crippen LogP contribution in [-0.2, 0) is 21.3 Å². The van der Waals surface area contributed by atoms with Gasteiger partial charge >= 0.3 is 0 Å². The fourth-order valence-electron chi connectivity index (χ4n) is 2.73. The summed E-state index contributed by atoms with van der Waals surface area (Å²) in [5.41, 5.74) is 0.135. The van der Waals surface area contributed by atoms with E-state index < -0.39 is 15.6 Å². The molecule has 1 aromatic rings. The Morgan fingerprint density at radius 1 is 1.17 bits per heavy atom. The normalized spacial score (nSPS) is 13.0. The number of sulfonamides is 1. The standard InChI is InChI=1S/C20H37N5O3S/c1-20(2,3)24-29(26,27)18-11-8-7-10-17(18)16-23-19(21-4)22-12-14-25(5)13-9-15-28-6/h7-8,10-11,24H,9,12-16H2,1-6H3,(H2,21,22,23). The van der Waals surface area contributed by atoms with Crippen LogP contribution in [-0.4, -0.2) is 72.3 Å². The van der Waals surface area contributed by atoms with Gasteiger partial charge in [-0.15, -0.1) is 0 Å². The second-order valence-electron chi connectivity index (χ2n) is 7.97. The first-order valence-electron chi connectivity index (χ1n) is 9.83. The summed E-state index contributed by atoms with van der Waals surface area (Å²) in [4.78, 5) is 6.71. The molecule has 3 N–H and O–H groups in total. The van der Waals surface area contributed by atoms with Crippen LogP contribution in [0.2, 0.25) is 0 Å². The van der Waals surface area contributed by atoms with Gasteiger partial charge in [0.05, 0.1) is 4.90 Å². The summed E-state index contributed by atoms with van der Waals surface area (Å²) in [7, 11) is 1.86. The Kier molecular flexibility index (Phi) is 10.6. The van der Waals surface area contributed by atoms with E-state index >= 15 is 0 Å². The first-order valence-corrected chi connectivity index (χ1v) is 11.3. The minimum atomic E-state index is -3.61. The van der Waals surface area contributed by atoms with Crippen molar-refractivity contribution in [3.8, 4) is 0 Å². The van der Waals surface area contributed by atoms with Gasteiger partial charge in [0.1, 0.15) is 0 Å². The van der Waals surface area contributed by atoms with Gasteiger partial charge in [-0.3, -0.25) is 4.99 Å². The molecule has 0 unspecified atom stereocenters. The van der Waals surface area contributed by atoms with E-state index in [9.17, 15) is 8.42 Å². The third-order valence-corrected chi connectivity index (χ3v) is 5.91. The molecular weight excluding hydrogens is 390 g/mol. The van der Waals surface area contributed by atoms with Crippen LogP contribution in [0.25, 0.3) is 0 Å². The van der Waals surface area contributed by atoms with Crippen LogP contribution >= 0.6 is 0 Å². The molecule has 0 saturated heterocycles. The minimum absolute atomic E-state index is 0.274. The van der Waals surface area contributed by atoms with E-state index in [0.29, 0.717) is 18.1 Å². The van der Waals surface area contributed by atoms with Crippen molar-refractivity contribution < 1.29 is 13.2 Å². The van der Waals surface area contributed by atoms with E-state index in [4.69, 9.17) is 4.74 Å². The average molecular weight is 428 g/mol. The van der Waals surface area contributed by atoms with Crippen molar-refractivity contribution in [1.29, 1.82) is 0 Å². The Labute approximate surface area is 176 Å². The number of benzene rings is 1. The van der Waals surface area contributed by atoms with Crippen molar-refractivity contribution in [2.75, 3.05) is 47.4 Å². The van der Waals surface area contributed by atoms with Gasteiger partial charge in [0.25, 0.3) is 0 Å². The molecule has 0 amide bonds. The van der Waals surface area contributed by atoms with E-state index in [1.807, 2.05) is 26.8 Å². The van der Waals surface area contributed by atoms with Gasteiger partial charge in [-0.1, -0.05) is 18.2 Å². The highest BCUT2D eigenvalue weighted by molar-refractivity contribution is 7.89. The molecule has 1 aromatic carbocycles.